The molecule has 0 aromatic heterocycles. The molecule has 6 heteroatoms. The second-order valence-electron chi connectivity index (χ2n) is 4.59. The van der Waals surface area contributed by atoms with E-state index in [1.165, 1.54) is 19.2 Å². The Morgan fingerprint density at radius 1 is 1.00 bits per heavy atom. The molecular weight excluding hydrogens is 291 g/mol. The second-order valence-corrected chi connectivity index (χ2v) is 6.47. The zero-order valence-electron chi connectivity index (χ0n) is 11.6. The summed E-state index contributed by atoms with van der Waals surface area (Å²) in [5.41, 5.74) is 1.69. The number of rotatable bonds is 6. The van der Waals surface area contributed by atoms with Crippen LogP contribution in [0.2, 0.25) is 0 Å². The Labute approximate surface area is 124 Å². The quantitative estimate of drug-likeness (QED) is 0.858. The molecule has 0 saturated carbocycles. The van der Waals surface area contributed by atoms with E-state index in [2.05, 4.69) is 10.0 Å². The topological polar surface area (TPSA) is 58.2 Å². The first-order valence-corrected chi connectivity index (χ1v) is 7.97. The molecular formula is C15H17FN2O2S. The Morgan fingerprint density at radius 3 is 2.24 bits per heavy atom. The fourth-order valence-corrected chi connectivity index (χ4v) is 2.74. The lowest BCUT2D eigenvalue weighted by molar-refractivity contribution is 0.587. The fraction of sp³-hybridized carbons (Fsp3) is 0.200. The van der Waals surface area contributed by atoms with Crippen LogP contribution in [0.15, 0.2) is 53.4 Å². The highest BCUT2D eigenvalue weighted by Crippen LogP contribution is 2.11. The summed E-state index contributed by atoms with van der Waals surface area (Å²) in [5, 5.41) is 3.16. The van der Waals surface area contributed by atoms with Gasteiger partial charge in [0.05, 0.1) is 4.90 Å². The zero-order chi connectivity index (χ0) is 15.3. The Morgan fingerprint density at radius 2 is 1.62 bits per heavy atom. The molecule has 0 aliphatic heterocycles. The van der Waals surface area contributed by atoms with Crippen LogP contribution in [0.3, 0.4) is 0 Å². The average molecular weight is 308 g/mol. The van der Waals surface area contributed by atoms with Crippen LogP contribution in [0.1, 0.15) is 11.1 Å². The predicted molar refractivity (Wildman–Crippen MR) is 79.6 cm³/mol. The Hall–Kier alpha value is -1.76. The molecule has 0 heterocycles. The molecule has 0 spiro atoms. The van der Waals surface area contributed by atoms with Gasteiger partial charge < -0.3 is 5.32 Å². The fourth-order valence-electron chi connectivity index (χ4n) is 1.94. The first-order valence-electron chi connectivity index (χ1n) is 6.49. The van der Waals surface area contributed by atoms with Gasteiger partial charge in [0.25, 0.3) is 0 Å². The Bertz CT molecular complexity index is 717. The number of hydrogen-bond donors (Lipinski definition) is 2. The summed E-state index contributed by atoms with van der Waals surface area (Å²) in [6.07, 6.45) is 0. The van der Waals surface area contributed by atoms with Crippen LogP contribution in [0.25, 0.3) is 0 Å². The SMILES string of the molecule is CNS(=O)(=O)c1cccc(CNCc2cccc(F)c2)c1. The molecule has 0 saturated heterocycles. The summed E-state index contributed by atoms with van der Waals surface area (Å²) >= 11 is 0. The number of sulfonamides is 1. The van der Waals surface area contributed by atoms with E-state index in [0.29, 0.717) is 13.1 Å². The molecule has 0 aliphatic carbocycles. The molecule has 112 valence electrons. The van der Waals surface area contributed by atoms with Crippen LogP contribution < -0.4 is 10.0 Å². The lowest BCUT2D eigenvalue weighted by Crippen LogP contribution is -2.19. The highest BCUT2D eigenvalue weighted by Gasteiger charge is 2.10. The van der Waals surface area contributed by atoms with E-state index >= 15 is 0 Å². The van der Waals surface area contributed by atoms with Gasteiger partial charge in [-0.25, -0.2) is 17.5 Å². The highest BCUT2D eigenvalue weighted by molar-refractivity contribution is 7.89. The van der Waals surface area contributed by atoms with E-state index in [9.17, 15) is 12.8 Å². The van der Waals surface area contributed by atoms with E-state index in [-0.39, 0.29) is 10.7 Å². The highest BCUT2D eigenvalue weighted by atomic mass is 32.2. The van der Waals surface area contributed by atoms with E-state index in [1.54, 1.807) is 24.3 Å². The van der Waals surface area contributed by atoms with Crippen molar-refractivity contribution in [2.75, 3.05) is 7.05 Å². The second kappa shape index (κ2) is 6.80. The molecule has 0 atom stereocenters. The van der Waals surface area contributed by atoms with Gasteiger partial charge in [0.2, 0.25) is 10.0 Å². The first kappa shape index (κ1) is 15.6. The predicted octanol–water partition coefficient (Wildman–Crippen LogP) is 2.02. The smallest absolute Gasteiger partial charge is 0.240 e. The zero-order valence-corrected chi connectivity index (χ0v) is 12.5. The van der Waals surface area contributed by atoms with Gasteiger partial charge in [-0.2, -0.15) is 0 Å². The molecule has 0 radical (unpaired) electrons. The minimum Gasteiger partial charge on any atom is -0.309 e. The lowest BCUT2D eigenvalue weighted by atomic mass is 10.2. The van der Waals surface area contributed by atoms with E-state index in [0.717, 1.165) is 11.1 Å². The lowest BCUT2D eigenvalue weighted by Gasteiger charge is -2.08. The van der Waals surface area contributed by atoms with Crippen LogP contribution in [-0.2, 0) is 23.1 Å². The van der Waals surface area contributed by atoms with Crippen LogP contribution in [-0.4, -0.2) is 15.5 Å². The van der Waals surface area contributed by atoms with E-state index in [1.807, 2.05) is 12.1 Å². The number of nitrogens with one attached hydrogen (secondary N) is 2. The van der Waals surface area contributed by atoms with Crippen LogP contribution >= 0.6 is 0 Å². The maximum Gasteiger partial charge on any atom is 0.240 e. The van der Waals surface area contributed by atoms with Crippen LogP contribution in [0, 0.1) is 5.82 Å². The normalized spacial score (nSPS) is 11.5. The van der Waals surface area contributed by atoms with Gasteiger partial charge in [-0.15, -0.1) is 0 Å². The van der Waals surface area contributed by atoms with Crippen molar-refractivity contribution in [1.29, 1.82) is 0 Å². The largest absolute Gasteiger partial charge is 0.309 e. The van der Waals surface area contributed by atoms with Crippen molar-refractivity contribution in [3.63, 3.8) is 0 Å². The van der Waals surface area contributed by atoms with Gasteiger partial charge in [0, 0.05) is 13.1 Å². The summed E-state index contributed by atoms with van der Waals surface area (Å²) in [5.74, 6) is -0.267. The average Bonchev–Trinajstić information content (AvgIpc) is 2.48. The van der Waals surface area contributed by atoms with Gasteiger partial charge in [-0.3, -0.25) is 0 Å². The maximum absolute atomic E-state index is 13.0. The summed E-state index contributed by atoms with van der Waals surface area (Å²) in [6, 6.07) is 13.1. The Balaban J connectivity index is 1.99. The molecule has 21 heavy (non-hydrogen) atoms. The van der Waals surface area contributed by atoms with Gasteiger partial charge in [0.15, 0.2) is 0 Å². The summed E-state index contributed by atoms with van der Waals surface area (Å²) in [7, 11) is -2.05. The number of halogens is 1. The molecule has 0 unspecified atom stereocenters. The van der Waals surface area contributed by atoms with Crippen molar-refractivity contribution in [3.8, 4) is 0 Å². The molecule has 2 aromatic carbocycles. The van der Waals surface area contributed by atoms with Gasteiger partial charge in [0.1, 0.15) is 5.82 Å². The molecule has 2 rings (SSSR count). The van der Waals surface area contributed by atoms with Crippen molar-refractivity contribution in [2.24, 2.45) is 0 Å². The third-order valence-electron chi connectivity index (χ3n) is 3.02. The van der Waals surface area contributed by atoms with Crippen molar-refractivity contribution in [1.82, 2.24) is 10.0 Å². The molecule has 0 amide bonds. The summed E-state index contributed by atoms with van der Waals surface area (Å²) in [4.78, 5) is 0.232. The van der Waals surface area contributed by atoms with Crippen molar-refractivity contribution < 1.29 is 12.8 Å². The number of benzene rings is 2. The monoisotopic (exact) mass is 308 g/mol. The molecule has 0 bridgehead atoms. The van der Waals surface area contributed by atoms with Crippen molar-refractivity contribution >= 4 is 10.0 Å². The van der Waals surface area contributed by atoms with Crippen LogP contribution in [0.4, 0.5) is 4.39 Å². The van der Waals surface area contributed by atoms with Gasteiger partial charge >= 0.3 is 0 Å². The number of hydrogen-bond acceptors (Lipinski definition) is 3. The third kappa shape index (κ3) is 4.35. The summed E-state index contributed by atoms with van der Waals surface area (Å²) in [6.45, 7) is 1.02. The van der Waals surface area contributed by atoms with Crippen LogP contribution in [0.5, 0.6) is 0 Å². The van der Waals surface area contributed by atoms with Crippen molar-refractivity contribution in [2.45, 2.75) is 18.0 Å². The Kier molecular flexibility index (Phi) is 5.06. The summed E-state index contributed by atoms with van der Waals surface area (Å²) < 4.78 is 38.7. The minimum absolute atomic E-state index is 0.232. The van der Waals surface area contributed by atoms with Gasteiger partial charge in [-0.05, 0) is 42.4 Å². The van der Waals surface area contributed by atoms with Crippen molar-refractivity contribution in [3.05, 3.63) is 65.5 Å². The minimum atomic E-state index is -3.43. The van der Waals surface area contributed by atoms with Gasteiger partial charge in [-0.1, -0.05) is 24.3 Å². The maximum atomic E-state index is 13.0. The van der Waals surface area contributed by atoms with E-state index < -0.39 is 10.0 Å². The molecule has 2 aromatic rings. The molecule has 2 N–H and O–H groups in total. The molecule has 0 aliphatic rings. The first-order chi connectivity index (χ1) is 10.0. The standard InChI is InChI=1S/C15H17FN2O2S/c1-17-21(19,20)15-7-3-5-13(9-15)11-18-10-12-4-2-6-14(16)8-12/h2-9,17-18H,10-11H2,1H3. The molecule has 4 nitrogen and oxygen atoms in total. The molecule has 0 fully saturated rings. The third-order valence-corrected chi connectivity index (χ3v) is 4.44. The van der Waals surface area contributed by atoms with E-state index in [4.69, 9.17) is 0 Å².